The predicted octanol–water partition coefficient (Wildman–Crippen LogP) is 3.10. The Morgan fingerprint density at radius 1 is 1.35 bits per heavy atom. The van der Waals surface area contributed by atoms with Gasteiger partial charge in [-0.05, 0) is 30.7 Å². The number of carbonyl (C=O) groups is 1. The molecule has 1 aromatic carbocycles. The third kappa shape index (κ3) is 3.46. The minimum absolute atomic E-state index is 0.00671. The van der Waals surface area contributed by atoms with Crippen molar-refractivity contribution in [3.8, 4) is 0 Å². The van der Waals surface area contributed by atoms with E-state index in [4.69, 9.17) is 5.73 Å². The second kappa shape index (κ2) is 6.20. The fraction of sp³-hybridized carbons (Fsp3) is 0.533. The molecule has 0 bridgehead atoms. The zero-order valence-corrected chi connectivity index (χ0v) is 11.6. The molecule has 0 heterocycles. The van der Waals surface area contributed by atoms with Gasteiger partial charge in [0, 0.05) is 18.3 Å². The molecular weight excluding hydrogens is 262 g/mol. The first-order valence-electron chi connectivity index (χ1n) is 7.00. The summed E-state index contributed by atoms with van der Waals surface area (Å²) in [7, 11) is 0. The molecule has 1 aliphatic carbocycles. The molecular formula is C15H20F2N2O. The number of carbonyl (C=O) groups excluding carboxylic acids is 1. The largest absolute Gasteiger partial charge is 0.398 e. The van der Waals surface area contributed by atoms with Gasteiger partial charge in [-0.1, -0.05) is 19.8 Å². The molecule has 2 rings (SSSR count). The molecule has 0 spiro atoms. The summed E-state index contributed by atoms with van der Waals surface area (Å²) >= 11 is 0. The highest BCUT2D eigenvalue weighted by Gasteiger charge is 2.20. The van der Waals surface area contributed by atoms with Gasteiger partial charge in [0.2, 0.25) is 0 Å². The van der Waals surface area contributed by atoms with E-state index < -0.39 is 17.5 Å². The van der Waals surface area contributed by atoms with Crippen molar-refractivity contribution in [2.45, 2.75) is 32.6 Å². The Balaban J connectivity index is 1.96. The van der Waals surface area contributed by atoms with E-state index in [1.165, 1.54) is 12.8 Å². The van der Waals surface area contributed by atoms with E-state index >= 15 is 0 Å². The minimum Gasteiger partial charge on any atom is -0.398 e. The maximum Gasteiger partial charge on any atom is 0.253 e. The summed E-state index contributed by atoms with van der Waals surface area (Å²) in [5.74, 6) is -1.41. The van der Waals surface area contributed by atoms with Crippen LogP contribution in [0.1, 0.15) is 43.0 Å². The van der Waals surface area contributed by atoms with Crippen LogP contribution in [0.25, 0.3) is 0 Å². The molecule has 5 heteroatoms. The molecule has 2 unspecified atom stereocenters. The summed E-state index contributed by atoms with van der Waals surface area (Å²) in [5.41, 5.74) is 5.50. The number of hydrogen-bond acceptors (Lipinski definition) is 2. The lowest BCUT2D eigenvalue weighted by molar-refractivity contribution is 0.0941. The van der Waals surface area contributed by atoms with Crippen LogP contribution in [0.2, 0.25) is 0 Å². The van der Waals surface area contributed by atoms with Crippen LogP contribution in [-0.2, 0) is 0 Å². The molecule has 2 atom stereocenters. The van der Waals surface area contributed by atoms with Gasteiger partial charge in [0.15, 0.2) is 11.6 Å². The van der Waals surface area contributed by atoms with Gasteiger partial charge in [-0.25, -0.2) is 8.78 Å². The van der Waals surface area contributed by atoms with Crippen molar-refractivity contribution in [3.63, 3.8) is 0 Å². The highest BCUT2D eigenvalue weighted by molar-refractivity contribution is 5.99. The Hall–Kier alpha value is -1.65. The van der Waals surface area contributed by atoms with Crippen molar-refractivity contribution in [1.82, 2.24) is 5.32 Å². The Bertz CT molecular complexity index is 505. The van der Waals surface area contributed by atoms with E-state index in [1.807, 2.05) is 0 Å². The molecule has 3 N–H and O–H groups in total. The molecule has 1 aromatic rings. The summed E-state index contributed by atoms with van der Waals surface area (Å²) in [4.78, 5) is 12.0. The number of benzene rings is 1. The van der Waals surface area contributed by atoms with E-state index in [0.717, 1.165) is 25.0 Å². The summed E-state index contributed by atoms with van der Waals surface area (Å²) in [6, 6.07) is 1.69. The lowest BCUT2D eigenvalue weighted by atomic mass is 9.82. The van der Waals surface area contributed by atoms with Crippen molar-refractivity contribution in [2.24, 2.45) is 11.8 Å². The van der Waals surface area contributed by atoms with Gasteiger partial charge in [-0.3, -0.25) is 4.79 Å². The Morgan fingerprint density at radius 2 is 2.05 bits per heavy atom. The highest BCUT2D eigenvalue weighted by atomic mass is 19.2. The van der Waals surface area contributed by atoms with Crippen molar-refractivity contribution in [2.75, 3.05) is 12.3 Å². The summed E-state index contributed by atoms with van der Waals surface area (Å²) in [5, 5.41) is 2.77. The second-order valence-electron chi connectivity index (χ2n) is 5.70. The monoisotopic (exact) mass is 282 g/mol. The van der Waals surface area contributed by atoms with E-state index in [-0.39, 0.29) is 11.3 Å². The smallest absolute Gasteiger partial charge is 0.253 e. The first-order valence-corrected chi connectivity index (χ1v) is 7.00. The van der Waals surface area contributed by atoms with Gasteiger partial charge in [0.25, 0.3) is 5.91 Å². The number of nitrogens with two attached hydrogens (primary N) is 1. The summed E-state index contributed by atoms with van der Waals surface area (Å²) in [6.07, 6.45) is 4.60. The number of amides is 1. The van der Waals surface area contributed by atoms with Crippen LogP contribution in [0.4, 0.5) is 14.5 Å². The first kappa shape index (κ1) is 14.8. The molecule has 20 heavy (non-hydrogen) atoms. The molecule has 1 aliphatic rings. The van der Waals surface area contributed by atoms with Gasteiger partial charge in [0.1, 0.15) is 0 Å². The first-order chi connectivity index (χ1) is 9.47. The minimum atomic E-state index is -1.06. The third-order valence-corrected chi connectivity index (χ3v) is 3.93. The van der Waals surface area contributed by atoms with Gasteiger partial charge in [0.05, 0.1) is 5.56 Å². The van der Waals surface area contributed by atoms with Crippen LogP contribution < -0.4 is 11.1 Å². The van der Waals surface area contributed by atoms with Crippen molar-refractivity contribution < 1.29 is 13.6 Å². The van der Waals surface area contributed by atoms with Crippen LogP contribution >= 0.6 is 0 Å². The normalized spacial score (nSPS) is 22.6. The number of hydrogen-bond donors (Lipinski definition) is 2. The topological polar surface area (TPSA) is 55.1 Å². The Labute approximate surface area is 117 Å². The van der Waals surface area contributed by atoms with Crippen LogP contribution in [0.15, 0.2) is 12.1 Å². The van der Waals surface area contributed by atoms with Gasteiger partial charge in [-0.2, -0.15) is 0 Å². The van der Waals surface area contributed by atoms with Gasteiger partial charge < -0.3 is 11.1 Å². The maximum atomic E-state index is 13.2. The van der Waals surface area contributed by atoms with Gasteiger partial charge in [-0.15, -0.1) is 0 Å². The molecule has 0 aliphatic heterocycles. The van der Waals surface area contributed by atoms with E-state index in [2.05, 4.69) is 12.2 Å². The third-order valence-electron chi connectivity index (χ3n) is 3.93. The van der Waals surface area contributed by atoms with Crippen LogP contribution in [0, 0.1) is 23.5 Å². The van der Waals surface area contributed by atoms with Crippen molar-refractivity contribution in [1.29, 1.82) is 0 Å². The molecule has 1 amide bonds. The van der Waals surface area contributed by atoms with E-state index in [9.17, 15) is 13.6 Å². The molecule has 1 saturated carbocycles. The molecule has 110 valence electrons. The molecule has 3 nitrogen and oxygen atoms in total. The molecule has 0 aromatic heterocycles. The summed E-state index contributed by atoms with van der Waals surface area (Å²) < 4.78 is 26.1. The average Bonchev–Trinajstić information content (AvgIpc) is 2.40. The SMILES string of the molecule is CC1CCCC(CNC(=O)c2cc(F)c(F)cc2N)C1. The molecule has 0 saturated heterocycles. The maximum absolute atomic E-state index is 13.2. The fourth-order valence-corrected chi connectivity index (χ4v) is 2.84. The fourth-order valence-electron chi connectivity index (χ4n) is 2.84. The lowest BCUT2D eigenvalue weighted by Crippen LogP contribution is -2.32. The number of rotatable bonds is 3. The van der Waals surface area contributed by atoms with Crippen molar-refractivity contribution in [3.05, 3.63) is 29.3 Å². The van der Waals surface area contributed by atoms with Crippen LogP contribution in [-0.4, -0.2) is 12.5 Å². The Kier molecular flexibility index (Phi) is 4.57. The predicted molar refractivity (Wildman–Crippen MR) is 74.2 cm³/mol. The highest BCUT2D eigenvalue weighted by Crippen LogP contribution is 2.28. The molecule has 0 radical (unpaired) electrons. The van der Waals surface area contributed by atoms with Crippen molar-refractivity contribution >= 4 is 11.6 Å². The average molecular weight is 282 g/mol. The summed E-state index contributed by atoms with van der Waals surface area (Å²) in [6.45, 7) is 2.77. The van der Waals surface area contributed by atoms with E-state index in [0.29, 0.717) is 18.4 Å². The lowest BCUT2D eigenvalue weighted by Gasteiger charge is -2.26. The van der Waals surface area contributed by atoms with Crippen LogP contribution in [0.5, 0.6) is 0 Å². The quantitative estimate of drug-likeness (QED) is 0.837. The Morgan fingerprint density at radius 3 is 2.75 bits per heavy atom. The number of anilines is 1. The second-order valence-corrected chi connectivity index (χ2v) is 5.70. The zero-order valence-electron chi connectivity index (χ0n) is 11.6. The number of halogens is 2. The van der Waals surface area contributed by atoms with Gasteiger partial charge >= 0.3 is 0 Å². The standard InChI is InChI=1S/C15H20F2N2O/c1-9-3-2-4-10(5-9)8-19-15(20)11-6-12(16)13(17)7-14(11)18/h6-7,9-10H,2-5,8,18H2,1H3,(H,19,20). The van der Waals surface area contributed by atoms with E-state index in [1.54, 1.807) is 0 Å². The van der Waals surface area contributed by atoms with Crippen LogP contribution in [0.3, 0.4) is 0 Å². The number of nitrogen functional groups attached to an aromatic ring is 1. The zero-order chi connectivity index (χ0) is 14.7. The number of nitrogens with one attached hydrogen (secondary N) is 1. The molecule has 1 fully saturated rings.